The van der Waals surface area contributed by atoms with Crippen LogP contribution in [-0.2, 0) is 16.0 Å². The third-order valence-electron chi connectivity index (χ3n) is 1.89. The van der Waals surface area contributed by atoms with Gasteiger partial charge in [-0.05, 0) is 17.7 Å². The van der Waals surface area contributed by atoms with Crippen LogP contribution in [0.1, 0.15) is 15.9 Å². The maximum Gasteiger partial charge on any atom is 0.372 e. The number of hydrogen-bond donors (Lipinski definition) is 3. The maximum absolute atomic E-state index is 10.9. The van der Waals surface area contributed by atoms with Crippen LogP contribution in [0.25, 0.3) is 0 Å². The third kappa shape index (κ3) is 2.57. The Morgan fingerprint density at radius 1 is 1.12 bits per heavy atom. The number of ketones is 1. The quantitative estimate of drug-likeness (QED) is 0.633. The number of rotatable bonds is 4. The van der Waals surface area contributed by atoms with Crippen LogP contribution in [0, 0.1) is 0 Å². The highest BCUT2D eigenvalue weighted by Crippen LogP contribution is 2.18. The average molecular weight is 224 g/mol. The van der Waals surface area contributed by atoms with Gasteiger partial charge in [0.25, 0.3) is 0 Å². The Hall–Kier alpha value is -2.37. The lowest BCUT2D eigenvalue weighted by Gasteiger charge is -2.02. The number of aromatic hydroxyl groups is 1. The van der Waals surface area contributed by atoms with Crippen molar-refractivity contribution in [3.05, 3.63) is 29.3 Å². The number of carbonyl (C=O) groups excluding carboxylic acids is 1. The van der Waals surface area contributed by atoms with Crippen molar-refractivity contribution >= 4 is 17.7 Å². The lowest BCUT2D eigenvalue weighted by Crippen LogP contribution is -2.15. The Morgan fingerprint density at radius 3 is 2.25 bits per heavy atom. The summed E-state index contributed by atoms with van der Waals surface area (Å²) in [6.07, 6.45) is -0.407. The van der Waals surface area contributed by atoms with E-state index in [1.165, 1.54) is 6.07 Å². The Bertz CT molecular complexity index is 462. The van der Waals surface area contributed by atoms with Gasteiger partial charge in [0.1, 0.15) is 11.3 Å². The molecule has 0 saturated carbocycles. The summed E-state index contributed by atoms with van der Waals surface area (Å²) in [6.45, 7) is 0. The Kier molecular flexibility index (Phi) is 3.24. The number of aliphatic carboxylic acids is 1. The molecule has 0 radical (unpaired) electrons. The van der Waals surface area contributed by atoms with E-state index >= 15 is 0 Å². The summed E-state index contributed by atoms with van der Waals surface area (Å²) in [7, 11) is 0. The number of Topliss-reactive ketones (excluding diaryl/α,β-unsaturated/α-hetero) is 1. The molecule has 0 saturated heterocycles. The van der Waals surface area contributed by atoms with Crippen LogP contribution >= 0.6 is 0 Å². The van der Waals surface area contributed by atoms with Gasteiger partial charge in [-0.2, -0.15) is 0 Å². The third-order valence-corrected chi connectivity index (χ3v) is 1.89. The van der Waals surface area contributed by atoms with Crippen LogP contribution in [0.3, 0.4) is 0 Å². The molecule has 0 aromatic heterocycles. The SMILES string of the molecule is O=C(O)C(=O)Cc1ccc(O)c(C(=O)O)c1. The van der Waals surface area contributed by atoms with Crippen LogP contribution in [0.2, 0.25) is 0 Å². The number of carbonyl (C=O) groups is 3. The highest BCUT2D eigenvalue weighted by atomic mass is 16.4. The van der Waals surface area contributed by atoms with Gasteiger partial charge in [0, 0.05) is 6.42 Å². The molecule has 0 atom stereocenters. The van der Waals surface area contributed by atoms with E-state index in [0.717, 1.165) is 12.1 Å². The number of carboxylic acid groups (broad SMARTS) is 2. The molecular formula is C10H8O6. The van der Waals surface area contributed by atoms with E-state index in [1.54, 1.807) is 0 Å². The first-order valence-electron chi connectivity index (χ1n) is 4.23. The van der Waals surface area contributed by atoms with E-state index < -0.39 is 29.9 Å². The standard InChI is InChI=1S/C10H8O6/c11-7-2-1-5(3-6(7)9(13)14)4-8(12)10(15)16/h1-3,11H,4H2,(H,13,14)(H,15,16). The fourth-order valence-electron chi connectivity index (χ4n) is 1.13. The number of hydrogen-bond acceptors (Lipinski definition) is 4. The van der Waals surface area contributed by atoms with Gasteiger partial charge >= 0.3 is 11.9 Å². The van der Waals surface area contributed by atoms with Gasteiger partial charge in [0.05, 0.1) is 0 Å². The molecule has 6 heteroatoms. The lowest BCUT2D eigenvalue weighted by molar-refractivity contribution is -0.148. The number of carboxylic acids is 2. The molecule has 1 aromatic carbocycles. The molecule has 0 heterocycles. The summed E-state index contributed by atoms with van der Waals surface area (Å²) in [6, 6.07) is 3.47. The van der Waals surface area contributed by atoms with Crippen LogP contribution in [-0.4, -0.2) is 33.0 Å². The molecule has 16 heavy (non-hydrogen) atoms. The van der Waals surface area contributed by atoms with Crippen molar-refractivity contribution in [1.29, 1.82) is 0 Å². The fourth-order valence-corrected chi connectivity index (χ4v) is 1.13. The van der Waals surface area contributed by atoms with Crippen molar-refractivity contribution in [2.45, 2.75) is 6.42 Å². The zero-order chi connectivity index (χ0) is 12.3. The summed E-state index contributed by atoms with van der Waals surface area (Å²) < 4.78 is 0. The summed E-state index contributed by atoms with van der Waals surface area (Å²) in [5.41, 5.74) is -0.140. The Labute approximate surface area is 89.8 Å². The maximum atomic E-state index is 10.9. The first kappa shape index (κ1) is 11.7. The van der Waals surface area contributed by atoms with Crippen molar-refractivity contribution < 1.29 is 29.7 Å². The summed E-state index contributed by atoms with van der Waals surface area (Å²) in [4.78, 5) is 31.8. The molecule has 0 aliphatic carbocycles. The van der Waals surface area contributed by atoms with Gasteiger partial charge < -0.3 is 15.3 Å². The molecule has 3 N–H and O–H groups in total. The highest BCUT2D eigenvalue weighted by molar-refractivity contribution is 6.33. The van der Waals surface area contributed by atoms with Crippen LogP contribution in [0.4, 0.5) is 0 Å². The average Bonchev–Trinajstić information content (AvgIpc) is 2.20. The second kappa shape index (κ2) is 4.43. The second-order valence-electron chi connectivity index (χ2n) is 3.06. The van der Waals surface area contributed by atoms with E-state index in [2.05, 4.69) is 0 Å². The predicted molar refractivity (Wildman–Crippen MR) is 51.4 cm³/mol. The van der Waals surface area contributed by atoms with Crippen molar-refractivity contribution in [3.63, 3.8) is 0 Å². The smallest absolute Gasteiger partial charge is 0.372 e. The minimum atomic E-state index is -1.58. The van der Waals surface area contributed by atoms with Gasteiger partial charge in [-0.25, -0.2) is 9.59 Å². The van der Waals surface area contributed by atoms with Gasteiger partial charge in [-0.1, -0.05) is 6.07 Å². The Balaban J connectivity index is 3.00. The van der Waals surface area contributed by atoms with E-state index in [4.69, 9.17) is 15.3 Å². The molecule has 0 aliphatic heterocycles. The van der Waals surface area contributed by atoms with Crippen molar-refractivity contribution in [2.24, 2.45) is 0 Å². The fraction of sp³-hybridized carbons (Fsp3) is 0.100. The predicted octanol–water partition coefficient (Wildman–Crippen LogP) is 0.287. The van der Waals surface area contributed by atoms with E-state index in [9.17, 15) is 14.4 Å². The topological polar surface area (TPSA) is 112 Å². The van der Waals surface area contributed by atoms with Crippen LogP contribution in [0.5, 0.6) is 5.75 Å². The first-order valence-corrected chi connectivity index (χ1v) is 4.23. The highest BCUT2D eigenvalue weighted by Gasteiger charge is 2.15. The van der Waals surface area contributed by atoms with Gasteiger partial charge in [0.15, 0.2) is 0 Å². The van der Waals surface area contributed by atoms with E-state index in [-0.39, 0.29) is 11.1 Å². The molecule has 84 valence electrons. The molecule has 1 rings (SSSR count). The molecule has 0 spiro atoms. The molecule has 0 aliphatic rings. The van der Waals surface area contributed by atoms with Crippen LogP contribution in [0.15, 0.2) is 18.2 Å². The van der Waals surface area contributed by atoms with Crippen molar-refractivity contribution in [1.82, 2.24) is 0 Å². The summed E-state index contributed by atoms with van der Waals surface area (Å²) in [5, 5.41) is 26.2. The molecular weight excluding hydrogens is 216 g/mol. The summed E-state index contributed by atoms with van der Waals surface area (Å²) in [5.74, 6) is -4.40. The number of phenols is 1. The Morgan fingerprint density at radius 2 is 1.75 bits per heavy atom. The summed E-state index contributed by atoms with van der Waals surface area (Å²) >= 11 is 0. The van der Waals surface area contributed by atoms with E-state index in [1.807, 2.05) is 0 Å². The van der Waals surface area contributed by atoms with E-state index in [0.29, 0.717) is 0 Å². The van der Waals surface area contributed by atoms with Crippen molar-refractivity contribution in [3.8, 4) is 5.75 Å². The van der Waals surface area contributed by atoms with Gasteiger partial charge in [-0.3, -0.25) is 4.79 Å². The molecule has 0 amide bonds. The molecule has 6 nitrogen and oxygen atoms in total. The minimum absolute atomic E-state index is 0.225. The lowest BCUT2D eigenvalue weighted by atomic mass is 10.1. The monoisotopic (exact) mass is 224 g/mol. The van der Waals surface area contributed by atoms with Gasteiger partial charge in [-0.15, -0.1) is 0 Å². The van der Waals surface area contributed by atoms with Crippen LogP contribution < -0.4 is 0 Å². The molecule has 0 bridgehead atoms. The number of benzene rings is 1. The first-order chi connectivity index (χ1) is 7.41. The normalized spacial score (nSPS) is 9.75. The zero-order valence-corrected chi connectivity index (χ0v) is 8.01. The van der Waals surface area contributed by atoms with Crippen molar-refractivity contribution in [2.75, 3.05) is 0 Å². The minimum Gasteiger partial charge on any atom is -0.507 e. The second-order valence-corrected chi connectivity index (χ2v) is 3.06. The molecule has 0 fully saturated rings. The number of aromatic carboxylic acids is 1. The largest absolute Gasteiger partial charge is 0.507 e. The molecule has 1 aromatic rings. The van der Waals surface area contributed by atoms with Gasteiger partial charge in [0.2, 0.25) is 5.78 Å². The zero-order valence-electron chi connectivity index (χ0n) is 8.01. The molecule has 0 unspecified atom stereocenters.